The molecule has 2 rings (SSSR count). The van der Waals surface area contributed by atoms with Gasteiger partial charge in [0, 0.05) is 19.1 Å². The number of ether oxygens (including phenoxy) is 2. The van der Waals surface area contributed by atoms with Gasteiger partial charge < -0.3 is 19.7 Å². The highest BCUT2D eigenvalue weighted by molar-refractivity contribution is 5.31. The van der Waals surface area contributed by atoms with E-state index in [0.717, 1.165) is 24.6 Å². The minimum Gasteiger partial charge on any atom is -0.497 e. The van der Waals surface area contributed by atoms with Gasteiger partial charge in [-0.1, -0.05) is 6.42 Å². The van der Waals surface area contributed by atoms with Crippen LogP contribution < -0.4 is 14.8 Å². The summed E-state index contributed by atoms with van der Waals surface area (Å²) in [5.41, 5.74) is 0. The molecule has 1 aliphatic heterocycles. The summed E-state index contributed by atoms with van der Waals surface area (Å²) in [6, 6.07) is 8.39. The standard InChI is InChI=1S/C16H26N2O2/c1-18-11-4-3-5-14(18)13-17-10-12-20-16-8-6-15(19-2)7-9-16/h6-9,14,17H,3-5,10-13H2,1-2H3. The second kappa shape index (κ2) is 8.12. The lowest BCUT2D eigenvalue weighted by Gasteiger charge is -2.32. The van der Waals surface area contributed by atoms with E-state index in [0.29, 0.717) is 12.6 Å². The summed E-state index contributed by atoms with van der Waals surface area (Å²) < 4.78 is 10.8. The largest absolute Gasteiger partial charge is 0.497 e. The average molecular weight is 278 g/mol. The Morgan fingerprint density at radius 1 is 1.20 bits per heavy atom. The van der Waals surface area contributed by atoms with E-state index in [1.165, 1.54) is 25.8 Å². The van der Waals surface area contributed by atoms with Gasteiger partial charge in [0.2, 0.25) is 0 Å². The fourth-order valence-electron chi connectivity index (χ4n) is 2.58. The van der Waals surface area contributed by atoms with Crippen LogP contribution in [-0.4, -0.2) is 51.3 Å². The average Bonchev–Trinajstić information content (AvgIpc) is 2.49. The van der Waals surface area contributed by atoms with Gasteiger partial charge in [0.25, 0.3) is 0 Å². The van der Waals surface area contributed by atoms with E-state index in [9.17, 15) is 0 Å². The Balaban J connectivity index is 1.58. The minimum absolute atomic E-state index is 0.685. The first kappa shape index (κ1) is 15.1. The third-order valence-corrected chi connectivity index (χ3v) is 3.91. The first-order valence-corrected chi connectivity index (χ1v) is 7.47. The van der Waals surface area contributed by atoms with Crippen LogP contribution in [0.5, 0.6) is 11.5 Å². The van der Waals surface area contributed by atoms with Crippen LogP contribution >= 0.6 is 0 Å². The van der Waals surface area contributed by atoms with Crippen LogP contribution in [0.3, 0.4) is 0 Å². The van der Waals surface area contributed by atoms with Crippen LogP contribution in [-0.2, 0) is 0 Å². The molecule has 1 aliphatic rings. The third-order valence-electron chi connectivity index (χ3n) is 3.91. The Bertz CT molecular complexity index is 381. The zero-order valence-corrected chi connectivity index (χ0v) is 12.6. The van der Waals surface area contributed by atoms with Gasteiger partial charge in [-0.2, -0.15) is 0 Å². The molecule has 0 spiro atoms. The van der Waals surface area contributed by atoms with Crippen LogP contribution in [0.15, 0.2) is 24.3 Å². The van der Waals surface area contributed by atoms with Gasteiger partial charge in [0.15, 0.2) is 0 Å². The van der Waals surface area contributed by atoms with Gasteiger partial charge >= 0.3 is 0 Å². The van der Waals surface area contributed by atoms with Crippen molar-refractivity contribution in [3.63, 3.8) is 0 Å². The van der Waals surface area contributed by atoms with E-state index < -0.39 is 0 Å². The maximum Gasteiger partial charge on any atom is 0.119 e. The highest BCUT2D eigenvalue weighted by atomic mass is 16.5. The lowest BCUT2D eigenvalue weighted by molar-refractivity contribution is 0.179. The number of hydrogen-bond acceptors (Lipinski definition) is 4. The van der Waals surface area contributed by atoms with E-state index >= 15 is 0 Å². The topological polar surface area (TPSA) is 33.7 Å². The molecule has 0 aromatic heterocycles. The molecule has 0 saturated carbocycles. The monoisotopic (exact) mass is 278 g/mol. The number of rotatable bonds is 7. The smallest absolute Gasteiger partial charge is 0.119 e. The number of piperidine rings is 1. The molecule has 0 amide bonds. The lowest BCUT2D eigenvalue weighted by Crippen LogP contribution is -2.43. The zero-order chi connectivity index (χ0) is 14.2. The van der Waals surface area contributed by atoms with Crippen molar-refractivity contribution in [2.45, 2.75) is 25.3 Å². The molecule has 1 aromatic rings. The summed E-state index contributed by atoms with van der Waals surface area (Å²) in [4.78, 5) is 2.46. The molecule has 112 valence electrons. The van der Waals surface area contributed by atoms with Crippen molar-refractivity contribution in [3.8, 4) is 11.5 Å². The summed E-state index contributed by atoms with van der Waals surface area (Å²) >= 11 is 0. The van der Waals surface area contributed by atoms with Crippen LogP contribution in [0.25, 0.3) is 0 Å². The number of likely N-dealkylation sites (tertiary alicyclic amines) is 1. The molecular weight excluding hydrogens is 252 g/mol. The number of benzene rings is 1. The van der Waals surface area contributed by atoms with Crippen molar-refractivity contribution in [2.24, 2.45) is 0 Å². The van der Waals surface area contributed by atoms with Crippen molar-refractivity contribution in [1.29, 1.82) is 0 Å². The van der Waals surface area contributed by atoms with Gasteiger partial charge in [-0.25, -0.2) is 0 Å². The van der Waals surface area contributed by atoms with E-state index in [-0.39, 0.29) is 0 Å². The number of hydrogen-bond donors (Lipinski definition) is 1. The first-order chi connectivity index (χ1) is 9.79. The fraction of sp³-hybridized carbons (Fsp3) is 0.625. The molecular formula is C16H26N2O2. The molecule has 1 N–H and O–H groups in total. The van der Waals surface area contributed by atoms with Crippen LogP contribution in [0.1, 0.15) is 19.3 Å². The van der Waals surface area contributed by atoms with Crippen molar-refractivity contribution in [2.75, 3.05) is 40.4 Å². The molecule has 0 aliphatic carbocycles. The Morgan fingerprint density at radius 2 is 1.95 bits per heavy atom. The third kappa shape index (κ3) is 4.69. The van der Waals surface area contributed by atoms with Crippen molar-refractivity contribution < 1.29 is 9.47 Å². The highest BCUT2D eigenvalue weighted by Gasteiger charge is 2.17. The SMILES string of the molecule is COc1ccc(OCCNCC2CCCCN2C)cc1. The van der Waals surface area contributed by atoms with Crippen molar-refractivity contribution >= 4 is 0 Å². The quantitative estimate of drug-likeness (QED) is 0.775. The number of likely N-dealkylation sites (N-methyl/N-ethyl adjacent to an activating group) is 1. The molecule has 1 unspecified atom stereocenters. The maximum absolute atomic E-state index is 5.69. The molecule has 1 atom stereocenters. The van der Waals surface area contributed by atoms with Gasteiger partial charge in [0.05, 0.1) is 7.11 Å². The Labute approximate surface area is 122 Å². The summed E-state index contributed by atoms with van der Waals surface area (Å²) in [5, 5.41) is 3.49. The molecule has 0 radical (unpaired) electrons. The van der Waals surface area contributed by atoms with E-state index in [2.05, 4.69) is 17.3 Å². The van der Waals surface area contributed by atoms with Gasteiger partial charge in [-0.05, 0) is 50.7 Å². The van der Waals surface area contributed by atoms with Crippen LogP contribution in [0, 0.1) is 0 Å². The lowest BCUT2D eigenvalue weighted by atomic mass is 10.0. The number of methoxy groups -OCH3 is 1. The predicted molar refractivity (Wildman–Crippen MR) is 81.6 cm³/mol. The van der Waals surface area contributed by atoms with E-state index in [4.69, 9.17) is 9.47 Å². The molecule has 1 aromatic carbocycles. The van der Waals surface area contributed by atoms with Crippen molar-refractivity contribution in [3.05, 3.63) is 24.3 Å². The van der Waals surface area contributed by atoms with Crippen molar-refractivity contribution in [1.82, 2.24) is 10.2 Å². The van der Waals surface area contributed by atoms with Gasteiger partial charge in [-0.15, -0.1) is 0 Å². The minimum atomic E-state index is 0.685. The highest BCUT2D eigenvalue weighted by Crippen LogP contribution is 2.17. The normalized spacial score (nSPS) is 19.8. The summed E-state index contributed by atoms with van der Waals surface area (Å²) in [7, 11) is 3.89. The second-order valence-electron chi connectivity index (χ2n) is 5.36. The van der Waals surface area contributed by atoms with Crippen LogP contribution in [0.2, 0.25) is 0 Å². The number of nitrogens with zero attached hydrogens (tertiary/aromatic N) is 1. The zero-order valence-electron chi connectivity index (χ0n) is 12.6. The predicted octanol–water partition coefficient (Wildman–Crippen LogP) is 2.15. The molecule has 1 fully saturated rings. The molecule has 20 heavy (non-hydrogen) atoms. The van der Waals surface area contributed by atoms with E-state index in [1.54, 1.807) is 7.11 Å². The Hall–Kier alpha value is -1.26. The van der Waals surface area contributed by atoms with Gasteiger partial charge in [-0.3, -0.25) is 0 Å². The molecule has 1 heterocycles. The summed E-state index contributed by atoms with van der Waals surface area (Å²) in [6.07, 6.45) is 4.01. The maximum atomic E-state index is 5.69. The molecule has 4 nitrogen and oxygen atoms in total. The fourth-order valence-corrected chi connectivity index (χ4v) is 2.58. The Morgan fingerprint density at radius 3 is 2.65 bits per heavy atom. The number of nitrogens with one attached hydrogen (secondary N) is 1. The molecule has 1 saturated heterocycles. The Kier molecular flexibility index (Phi) is 6.15. The molecule has 4 heteroatoms. The second-order valence-corrected chi connectivity index (χ2v) is 5.36. The first-order valence-electron chi connectivity index (χ1n) is 7.47. The van der Waals surface area contributed by atoms with Crippen LogP contribution in [0.4, 0.5) is 0 Å². The van der Waals surface area contributed by atoms with Gasteiger partial charge in [0.1, 0.15) is 18.1 Å². The molecule has 0 bridgehead atoms. The summed E-state index contributed by atoms with van der Waals surface area (Å²) in [6.45, 7) is 3.87. The summed E-state index contributed by atoms with van der Waals surface area (Å²) in [5.74, 6) is 1.75. The van der Waals surface area contributed by atoms with E-state index in [1.807, 2.05) is 24.3 Å².